The highest BCUT2D eigenvalue weighted by atomic mass is 32.2. The van der Waals surface area contributed by atoms with Crippen molar-refractivity contribution in [3.63, 3.8) is 0 Å². The van der Waals surface area contributed by atoms with Gasteiger partial charge in [0.2, 0.25) is 27.7 Å². The molecule has 7 unspecified atom stereocenters. The maximum atomic E-state index is 14.9. The van der Waals surface area contributed by atoms with Gasteiger partial charge in [0.05, 0.1) is 24.1 Å². The molecular formula is C41H55F2N5O9S. The molecule has 0 spiro atoms. The van der Waals surface area contributed by atoms with E-state index >= 15 is 0 Å². The van der Waals surface area contributed by atoms with Gasteiger partial charge in [0.25, 0.3) is 12.3 Å². The maximum Gasteiger partial charge on any atom is 0.408 e. The fourth-order valence-electron chi connectivity index (χ4n) is 7.92. The molecule has 7 atom stereocenters. The van der Waals surface area contributed by atoms with E-state index in [-0.39, 0.29) is 31.2 Å². The first-order valence-corrected chi connectivity index (χ1v) is 21.6. The standard InChI is InChI=1S/C41H55F2N5O9S/c1-7-25-19-24(3)13-9-10-14-26-21-41(26,37(51)47-58(53,54)40(6)17-18-40)46-33(49)30-20-27(56-34-29-16-12-11-15-28(29)31(22-44-34)55-8-2)23-48(30)35(50)32(25)45-38(52)57-39(4,5)36(42)43/h10-12,14-16,22,24-27,30,32,36H,7-9,13,17-21,23H2,1-6H3,(H,45,52)(H,46,49)(H,47,51). The molecule has 2 aromatic rings. The molecule has 4 amide bonds. The molecule has 6 rings (SSSR count). The first-order chi connectivity index (χ1) is 27.3. The van der Waals surface area contributed by atoms with E-state index in [4.69, 9.17) is 14.2 Å². The number of carbonyl (C=O) groups is 4. The second kappa shape index (κ2) is 16.6. The molecule has 2 aliphatic carbocycles. The predicted molar refractivity (Wildman–Crippen MR) is 211 cm³/mol. The quantitative estimate of drug-likeness (QED) is 0.248. The van der Waals surface area contributed by atoms with Crippen LogP contribution in [0.15, 0.2) is 42.6 Å². The summed E-state index contributed by atoms with van der Waals surface area (Å²) in [6.07, 6.45) is 3.27. The lowest BCUT2D eigenvalue weighted by atomic mass is 9.85. The largest absolute Gasteiger partial charge is 0.492 e. The highest BCUT2D eigenvalue weighted by Crippen LogP contribution is 2.48. The summed E-state index contributed by atoms with van der Waals surface area (Å²) in [6.45, 7) is 9.68. The average Bonchev–Trinajstić information content (AvgIpc) is 4.05. The van der Waals surface area contributed by atoms with E-state index in [0.717, 1.165) is 19.2 Å². The Hall–Kier alpha value is -4.54. The fraction of sp³-hybridized carbons (Fsp3) is 0.634. The second-order valence-electron chi connectivity index (χ2n) is 17.0. The Balaban J connectivity index is 1.37. The lowest BCUT2D eigenvalue weighted by Gasteiger charge is -2.34. The number of alkyl carbamates (subject to hydrolysis) is 1. The molecule has 2 aliphatic heterocycles. The van der Waals surface area contributed by atoms with E-state index in [1.54, 1.807) is 6.92 Å². The zero-order valence-electron chi connectivity index (χ0n) is 33.9. The third-order valence-corrected chi connectivity index (χ3v) is 14.2. The lowest BCUT2D eigenvalue weighted by molar-refractivity contribution is -0.142. The van der Waals surface area contributed by atoms with Gasteiger partial charge in [0.15, 0.2) is 5.60 Å². The van der Waals surface area contributed by atoms with Crippen LogP contribution < -0.4 is 24.8 Å². The average molecular weight is 832 g/mol. The number of hydrogen-bond donors (Lipinski definition) is 3. The van der Waals surface area contributed by atoms with Gasteiger partial charge in [-0.2, -0.15) is 0 Å². The fourth-order valence-corrected chi connectivity index (χ4v) is 9.23. The van der Waals surface area contributed by atoms with Crippen LogP contribution in [0.4, 0.5) is 13.6 Å². The number of allylic oxidation sites excluding steroid dienone is 1. The first-order valence-electron chi connectivity index (χ1n) is 20.2. The van der Waals surface area contributed by atoms with Gasteiger partial charge in [-0.15, -0.1) is 0 Å². The molecule has 14 nitrogen and oxygen atoms in total. The van der Waals surface area contributed by atoms with Crippen LogP contribution in [0.25, 0.3) is 10.8 Å². The smallest absolute Gasteiger partial charge is 0.408 e. The monoisotopic (exact) mass is 831 g/mol. The minimum absolute atomic E-state index is 0.0336. The van der Waals surface area contributed by atoms with Crippen molar-refractivity contribution in [2.24, 2.45) is 17.8 Å². The van der Waals surface area contributed by atoms with Gasteiger partial charge in [0.1, 0.15) is 29.5 Å². The molecule has 3 heterocycles. The number of amides is 4. The second-order valence-corrected chi connectivity index (χ2v) is 19.2. The summed E-state index contributed by atoms with van der Waals surface area (Å²) in [7, 11) is -4.05. The number of nitrogens with zero attached hydrogens (tertiary/aromatic N) is 2. The molecule has 0 bridgehead atoms. The summed E-state index contributed by atoms with van der Waals surface area (Å²) in [5.41, 5.74) is -3.76. The van der Waals surface area contributed by atoms with Crippen LogP contribution in [0.1, 0.15) is 92.9 Å². The summed E-state index contributed by atoms with van der Waals surface area (Å²) >= 11 is 0. The number of sulfonamides is 1. The molecular weight excluding hydrogens is 777 g/mol. The van der Waals surface area contributed by atoms with E-state index < -0.39 is 86.2 Å². The molecule has 1 aromatic heterocycles. The van der Waals surface area contributed by atoms with Crippen LogP contribution in [0.2, 0.25) is 0 Å². The van der Waals surface area contributed by atoms with Crippen LogP contribution in [0, 0.1) is 17.8 Å². The van der Waals surface area contributed by atoms with E-state index in [9.17, 15) is 36.4 Å². The van der Waals surface area contributed by atoms with Gasteiger partial charge in [-0.05, 0) is 84.1 Å². The van der Waals surface area contributed by atoms with E-state index in [1.165, 1.54) is 11.1 Å². The van der Waals surface area contributed by atoms with Crippen molar-refractivity contribution in [3.05, 3.63) is 42.6 Å². The van der Waals surface area contributed by atoms with Gasteiger partial charge in [-0.3, -0.25) is 19.1 Å². The normalized spacial score (nSPS) is 28.7. The zero-order chi connectivity index (χ0) is 42.2. The van der Waals surface area contributed by atoms with Gasteiger partial charge in [-0.25, -0.2) is 27.0 Å². The Bertz CT molecular complexity index is 2040. The Labute approximate surface area is 338 Å². The van der Waals surface area contributed by atoms with Crippen molar-refractivity contribution in [2.45, 2.75) is 133 Å². The van der Waals surface area contributed by atoms with E-state index in [1.807, 2.05) is 57.2 Å². The van der Waals surface area contributed by atoms with Crippen molar-refractivity contribution in [3.8, 4) is 11.6 Å². The molecule has 0 radical (unpaired) electrons. The third-order valence-electron chi connectivity index (χ3n) is 12.1. The molecule has 3 fully saturated rings. The molecule has 318 valence electrons. The van der Waals surface area contributed by atoms with Gasteiger partial charge in [-0.1, -0.05) is 50.6 Å². The number of carbonyl (C=O) groups excluding carboxylic acids is 4. The van der Waals surface area contributed by atoms with Crippen LogP contribution >= 0.6 is 0 Å². The summed E-state index contributed by atoms with van der Waals surface area (Å²) in [5.74, 6) is -2.43. The van der Waals surface area contributed by atoms with Crippen molar-refractivity contribution in [1.82, 2.24) is 25.2 Å². The number of fused-ring (bicyclic) bond motifs is 3. The lowest BCUT2D eigenvalue weighted by Crippen LogP contribution is -2.59. The molecule has 2 saturated carbocycles. The van der Waals surface area contributed by atoms with Crippen molar-refractivity contribution in [1.29, 1.82) is 0 Å². The van der Waals surface area contributed by atoms with Crippen LogP contribution in [0.3, 0.4) is 0 Å². The van der Waals surface area contributed by atoms with Crippen molar-refractivity contribution in [2.75, 3.05) is 13.2 Å². The number of ether oxygens (including phenoxy) is 3. The molecule has 17 heteroatoms. The van der Waals surface area contributed by atoms with Crippen LogP contribution in [-0.2, 0) is 29.1 Å². The maximum absolute atomic E-state index is 14.9. The zero-order valence-corrected chi connectivity index (χ0v) is 34.7. The Morgan fingerprint density at radius 3 is 2.48 bits per heavy atom. The molecule has 4 aliphatic rings. The number of halogens is 2. The highest BCUT2D eigenvalue weighted by molar-refractivity contribution is 7.91. The highest BCUT2D eigenvalue weighted by Gasteiger charge is 2.63. The molecule has 1 saturated heterocycles. The molecule has 3 N–H and O–H groups in total. The number of benzene rings is 1. The Morgan fingerprint density at radius 1 is 1.12 bits per heavy atom. The van der Waals surface area contributed by atoms with Gasteiger partial charge < -0.3 is 29.7 Å². The molecule has 58 heavy (non-hydrogen) atoms. The first kappa shape index (κ1) is 43.0. The number of nitrogens with one attached hydrogen (secondary N) is 3. The Morgan fingerprint density at radius 2 is 1.83 bits per heavy atom. The van der Waals surface area contributed by atoms with Crippen LogP contribution in [-0.4, -0.2) is 95.8 Å². The number of hydrogen-bond acceptors (Lipinski definition) is 10. The molecule has 1 aromatic carbocycles. The summed E-state index contributed by atoms with van der Waals surface area (Å²) in [4.78, 5) is 62.5. The third kappa shape index (κ3) is 8.88. The Kier molecular flexibility index (Phi) is 12.3. The number of aromatic nitrogens is 1. The number of pyridine rings is 1. The number of rotatable bonds is 11. The topological polar surface area (TPSA) is 182 Å². The minimum Gasteiger partial charge on any atom is -0.492 e. The summed E-state index contributed by atoms with van der Waals surface area (Å²) in [5, 5.41) is 6.80. The number of alkyl halides is 2. The van der Waals surface area contributed by atoms with Crippen LogP contribution in [0.5, 0.6) is 11.6 Å². The summed E-state index contributed by atoms with van der Waals surface area (Å²) in [6, 6.07) is 4.78. The SMILES string of the molecule is CCOc1cnc(OC2CC3C(=O)NC4(C(=O)NS(=O)(=O)C5(C)CC5)CC4C=CCCC(C)CC(CC)C(NC(=O)OC(C)(C)C(F)F)C(=O)N3C2)c2ccccc12. The minimum atomic E-state index is -4.05. The van der Waals surface area contributed by atoms with E-state index in [0.29, 0.717) is 56.3 Å². The van der Waals surface area contributed by atoms with Crippen molar-refractivity contribution >= 4 is 44.6 Å². The van der Waals surface area contributed by atoms with Gasteiger partial charge >= 0.3 is 6.09 Å². The summed E-state index contributed by atoms with van der Waals surface area (Å²) < 4.78 is 72.5. The van der Waals surface area contributed by atoms with Gasteiger partial charge in [0, 0.05) is 23.1 Å². The van der Waals surface area contributed by atoms with E-state index in [2.05, 4.69) is 20.3 Å². The predicted octanol–water partition coefficient (Wildman–Crippen LogP) is 5.40. The van der Waals surface area contributed by atoms with Crippen molar-refractivity contribution < 1.29 is 50.6 Å².